The first-order valence-corrected chi connectivity index (χ1v) is 7.18. The summed E-state index contributed by atoms with van der Waals surface area (Å²) in [6, 6.07) is 4.43. The zero-order chi connectivity index (χ0) is 12.5. The minimum absolute atomic E-state index is 0.00642. The lowest BCUT2D eigenvalue weighted by Crippen LogP contribution is -2.19. The third-order valence-corrected chi connectivity index (χ3v) is 4.50. The van der Waals surface area contributed by atoms with Gasteiger partial charge in [-0.05, 0) is 18.6 Å². The van der Waals surface area contributed by atoms with Gasteiger partial charge in [-0.1, -0.05) is 6.07 Å². The van der Waals surface area contributed by atoms with Gasteiger partial charge in [-0.2, -0.15) is 0 Å². The molecule has 1 heterocycles. The second-order valence-corrected chi connectivity index (χ2v) is 6.29. The van der Waals surface area contributed by atoms with Crippen LogP contribution in [-0.2, 0) is 16.4 Å². The average molecular weight is 259 g/mol. The zero-order valence-corrected chi connectivity index (χ0v) is 10.0. The van der Waals surface area contributed by atoms with Crippen molar-refractivity contribution in [1.82, 2.24) is 0 Å². The van der Waals surface area contributed by atoms with Crippen molar-refractivity contribution >= 4 is 9.84 Å². The van der Waals surface area contributed by atoms with Crippen LogP contribution in [0.5, 0.6) is 5.75 Å². The summed E-state index contributed by atoms with van der Waals surface area (Å²) in [4.78, 5) is 0. The number of benzene rings is 1. The molecular weight excluding hydrogens is 245 g/mol. The Morgan fingerprint density at radius 2 is 2.24 bits per heavy atom. The highest BCUT2D eigenvalue weighted by Crippen LogP contribution is 2.25. The van der Waals surface area contributed by atoms with Gasteiger partial charge in [0.2, 0.25) is 0 Å². The molecule has 1 unspecified atom stereocenters. The summed E-state index contributed by atoms with van der Waals surface area (Å²) in [5, 5.41) is 0. The molecule has 0 radical (unpaired) electrons. The third-order valence-electron chi connectivity index (χ3n) is 2.76. The normalized spacial score (nSPS) is 22.6. The fourth-order valence-corrected chi connectivity index (χ4v) is 3.47. The molecule has 2 N–H and O–H groups in total. The number of rotatable bonds is 3. The van der Waals surface area contributed by atoms with E-state index < -0.39 is 21.8 Å². The van der Waals surface area contributed by atoms with E-state index in [1.165, 1.54) is 12.1 Å². The molecule has 0 aromatic heterocycles. The molecule has 1 fully saturated rings. The summed E-state index contributed by atoms with van der Waals surface area (Å²) in [6.07, 6.45) is 0.0511. The van der Waals surface area contributed by atoms with Crippen LogP contribution in [0, 0.1) is 5.82 Å². The molecule has 1 saturated heterocycles. The lowest BCUT2D eigenvalue weighted by atomic mass is 10.2. The maximum absolute atomic E-state index is 13.4. The van der Waals surface area contributed by atoms with Crippen LogP contribution < -0.4 is 10.5 Å². The molecule has 0 amide bonds. The predicted molar refractivity (Wildman–Crippen MR) is 62.0 cm³/mol. The summed E-state index contributed by atoms with van der Waals surface area (Å²) in [5.41, 5.74) is 5.73. The third kappa shape index (κ3) is 2.76. The second kappa shape index (κ2) is 4.62. The first-order chi connectivity index (χ1) is 8.02. The molecule has 17 heavy (non-hydrogen) atoms. The van der Waals surface area contributed by atoms with E-state index >= 15 is 0 Å². The molecule has 4 nitrogen and oxygen atoms in total. The maximum atomic E-state index is 13.4. The van der Waals surface area contributed by atoms with Gasteiger partial charge in [-0.25, -0.2) is 12.8 Å². The van der Waals surface area contributed by atoms with Gasteiger partial charge in [0.15, 0.2) is 9.84 Å². The van der Waals surface area contributed by atoms with Gasteiger partial charge < -0.3 is 10.5 Å². The first-order valence-electron chi connectivity index (χ1n) is 5.36. The average Bonchev–Trinajstić information content (AvgIpc) is 2.58. The fraction of sp³-hybridized carbons (Fsp3) is 0.455. The maximum Gasteiger partial charge on any atom is 0.154 e. The highest BCUT2D eigenvalue weighted by molar-refractivity contribution is 7.91. The van der Waals surface area contributed by atoms with Gasteiger partial charge in [0.1, 0.15) is 17.7 Å². The van der Waals surface area contributed by atoms with Crippen LogP contribution in [0.4, 0.5) is 4.39 Å². The van der Waals surface area contributed by atoms with Crippen molar-refractivity contribution in [3.63, 3.8) is 0 Å². The van der Waals surface area contributed by atoms with Crippen LogP contribution in [0.3, 0.4) is 0 Å². The fourth-order valence-electron chi connectivity index (χ4n) is 1.88. The van der Waals surface area contributed by atoms with Gasteiger partial charge >= 0.3 is 0 Å². The van der Waals surface area contributed by atoms with Crippen molar-refractivity contribution in [3.8, 4) is 5.75 Å². The Morgan fingerprint density at radius 1 is 1.47 bits per heavy atom. The SMILES string of the molecule is NCc1c(F)cccc1OC1CCS(=O)(=O)C1. The predicted octanol–water partition coefficient (Wildman–Crippen LogP) is 0.850. The van der Waals surface area contributed by atoms with Crippen molar-refractivity contribution in [1.29, 1.82) is 0 Å². The molecule has 0 spiro atoms. The Hall–Kier alpha value is -1.14. The Kier molecular flexibility index (Phi) is 3.35. The summed E-state index contributed by atoms with van der Waals surface area (Å²) < 4.78 is 41.5. The number of nitrogens with two attached hydrogens (primary N) is 1. The van der Waals surface area contributed by atoms with E-state index in [-0.39, 0.29) is 23.6 Å². The van der Waals surface area contributed by atoms with Gasteiger partial charge in [0.05, 0.1) is 11.5 Å². The van der Waals surface area contributed by atoms with Crippen molar-refractivity contribution in [2.45, 2.75) is 19.1 Å². The molecule has 1 aliphatic rings. The van der Waals surface area contributed by atoms with Crippen LogP contribution in [0.15, 0.2) is 18.2 Å². The summed E-state index contributed by atoms with van der Waals surface area (Å²) in [6.45, 7) is 0.0292. The van der Waals surface area contributed by atoms with Crippen molar-refractivity contribution in [2.75, 3.05) is 11.5 Å². The van der Waals surface area contributed by atoms with E-state index in [0.29, 0.717) is 12.2 Å². The highest BCUT2D eigenvalue weighted by atomic mass is 32.2. The van der Waals surface area contributed by atoms with Gasteiger partial charge in [-0.3, -0.25) is 0 Å². The van der Waals surface area contributed by atoms with E-state index in [4.69, 9.17) is 10.5 Å². The van der Waals surface area contributed by atoms with E-state index in [9.17, 15) is 12.8 Å². The molecule has 2 rings (SSSR count). The second-order valence-electron chi connectivity index (χ2n) is 4.06. The molecule has 0 aliphatic carbocycles. The Morgan fingerprint density at radius 3 is 2.82 bits per heavy atom. The van der Waals surface area contributed by atoms with Crippen molar-refractivity contribution in [2.24, 2.45) is 5.73 Å². The number of sulfone groups is 1. The molecule has 1 aliphatic heterocycles. The monoisotopic (exact) mass is 259 g/mol. The smallest absolute Gasteiger partial charge is 0.154 e. The lowest BCUT2D eigenvalue weighted by Gasteiger charge is -2.15. The Balaban J connectivity index is 2.17. The molecule has 1 aromatic carbocycles. The largest absolute Gasteiger partial charge is 0.489 e. The highest BCUT2D eigenvalue weighted by Gasteiger charge is 2.29. The number of hydrogen-bond acceptors (Lipinski definition) is 4. The first kappa shape index (κ1) is 12.3. The van der Waals surface area contributed by atoms with Gasteiger partial charge in [0.25, 0.3) is 0 Å². The zero-order valence-electron chi connectivity index (χ0n) is 9.23. The molecular formula is C11H14FNO3S. The van der Waals surface area contributed by atoms with Crippen molar-refractivity contribution in [3.05, 3.63) is 29.6 Å². The molecule has 1 aromatic rings. The van der Waals surface area contributed by atoms with Crippen LogP contribution in [0.2, 0.25) is 0 Å². The summed E-state index contributed by atoms with van der Waals surface area (Å²) in [5.74, 6) is 0.0406. The van der Waals surface area contributed by atoms with Gasteiger partial charge in [-0.15, -0.1) is 0 Å². The van der Waals surface area contributed by atoms with Crippen molar-refractivity contribution < 1.29 is 17.5 Å². The minimum Gasteiger partial charge on any atom is -0.489 e. The number of ether oxygens (including phenoxy) is 1. The van der Waals surface area contributed by atoms with Crippen LogP contribution >= 0.6 is 0 Å². The molecule has 0 bridgehead atoms. The van der Waals surface area contributed by atoms with E-state index in [2.05, 4.69) is 0 Å². The molecule has 1 atom stereocenters. The number of hydrogen-bond donors (Lipinski definition) is 1. The van der Waals surface area contributed by atoms with Crippen LogP contribution in [0.25, 0.3) is 0 Å². The molecule has 6 heteroatoms. The Labute approximate surface area is 99.5 Å². The lowest BCUT2D eigenvalue weighted by molar-refractivity contribution is 0.225. The standard InChI is InChI=1S/C11H14FNO3S/c12-10-2-1-3-11(9(10)6-13)16-8-4-5-17(14,15)7-8/h1-3,8H,4-7,13H2. The van der Waals surface area contributed by atoms with E-state index in [1.807, 2.05) is 0 Å². The van der Waals surface area contributed by atoms with Crippen LogP contribution in [0.1, 0.15) is 12.0 Å². The van der Waals surface area contributed by atoms with E-state index in [0.717, 1.165) is 0 Å². The quantitative estimate of drug-likeness (QED) is 0.873. The van der Waals surface area contributed by atoms with Gasteiger partial charge in [0, 0.05) is 12.1 Å². The minimum atomic E-state index is -3.00. The number of halogens is 1. The van der Waals surface area contributed by atoms with E-state index in [1.54, 1.807) is 6.07 Å². The topological polar surface area (TPSA) is 69.4 Å². The Bertz CT molecular complexity index is 515. The molecule has 0 saturated carbocycles. The molecule has 94 valence electrons. The van der Waals surface area contributed by atoms with Crippen LogP contribution in [-0.4, -0.2) is 26.0 Å². The summed E-state index contributed by atoms with van der Waals surface area (Å²) >= 11 is 0. The summed E-state index contributed by atoms with van der Waals surface area (Å²) in [7, 11) is -3.00.